The van der Waals surface area contributed by atoms with Crippen molar-refractivity contribution in [3.8, 4) is 0 Å². The lowest BCUT2D eigenvalue weighted by Gasteiger charge is -2.41. The van der Waals surface area contributed by atoms with Crippen LogP contribution in [0.1, 0.15) is 32.8 Å². The van der Waals surface area contributed by atoms with Crippen molar-refractivity contribution in [3.63, 3.8) is 0 Å². The zero-order valence-corrected chi connectivity index (χ0v) is 14.7. The monoisotopic (exact) mass is 315 g/mol. The zero-order valence-electron chi connectivity index (χ0n) is 13.8. The van der Waals surface area contributed by atoms with E-state index in [1.807, 2.05) is 19.1 Å². The molecule has 1 aromatic rings. The van der Waals surface area contributed by atoms with E-state index >= 15 is 0 Å². The summed E-state index contributed by atoms with van der Waals surface area (Å²) in [6.07, 6.45) is 0.655. The van der Waals surface area contributed by atoms with E-state index in [0.29, 0.717) is 11.3 Å². The van der Waals surface area contributed by atoms with E-state index in [0.717, 1.165) is 36.2 Å². The average Bonchev–Trinajstić information content (AvgIpc) is 2.44. The fourth-order valence-electron chi connectivity index (χ4n) is 2.77. The Morgan fingerprint density at radius 2 is 1.57 bits per heavy atom. The van der Waals surface area contributed by atoms with Crippen LogP contribution in [0.4, 0.5) is 0 Å². The molecule has 122 valence electrons. The first-order chi connectivity index (χ1) is 9.66. The lowest BCUT2D eigenvalue weighted by atomic mass is 10.2. The van der Waals surface area contributed by atoms with Gasteiger partial charge >= 0.3 is 0 Å². The molecular formula is C16H31N2O2S+. The van der Waals surface area contributed by atoms with Crippen molar-refractivity contribution in [2.75, 3.05) is 31.9 Å². The lowest BCUT2D eigenvalue weighted by molar-refractivity contribution is -0.923. The third kappa shape index (κ3) is 4.61. The molecule has 1 rings (SSSR count). The second-order valence-corrected chi connectivity index (χ2v) is 9.14. The highest BCUT2D eigenvalue weighted by atomic mass is 32.3. The Hall–Kier alpha value is -0.750. The third-order valence-corrected chi connectivity index (χ3v) is 7.07. The first kappa shape index (κ1) is 18.3. The normalized spacial score (nSPS) is 14.7. The van der Waals surface area contributed by atoms with Crippen LogP contribution in [-0.2, 0) is 9.53 Å². The van der Waals surface area contributed by atoms with E-state index in [1.165, 1.54) is 0 Å². The summed E-state index contributed by atoms with van der Waals surface area (Å²) in [6, 6.07) is 7.00. The van der Waals surface area contributed by atoms with Gasteiger partial charge in [-0.05, 0) is 39.8 Å². The minimum Gasteiger partial charge on any atom is -0.324 e. The average molecular weight is 316 g/mol. The quantitative estimate of drug-likeness (QED) is 0.725. The minimum absolute atomic E-state index is 0.125. The summed E-state index contributed by atoms with van der Waals surface area (Å²) in [6.45, 7) is 12.5. The van der Waals surface area contributed by atoms with Gasteiger partial charge in [-0.15, -0.1) is 9.53 Å². The van der Waals surface area contributed by atoms with Crippen LogP contribution in [0.15, 0.2) is 29.2 Å². The number of rotatable bonds is 8. The summed E-state index contributed by atoms with van der Waals surface area (Å²) >= 11 is 0. The van der Waals surface area contributed by atoms with Gasteiger partial charge in [-0.3, -0.25) is 4.55 Å². The molecule has 0 aliphatic carbocycles. The highest BCUT2D eigenvalue weighted by Gasteiger charge is 2.27. The van der Waals surface area contributed by atoms with Gasteiger partial charge in [0.2, 0.25) is 0 Å². The van der Waals surface area contributed by atoms with Crippen molar-refractivity contribution < 1.29 is 13.2 Å². The Morgan fingerprint density at radius 3 is 2.00 bits per heavy atom. The van der Waals surface area contributed by atoms with Crippen LogP contribution < -0.4 is 5.14 Å². The molecule has 0 radical (unpaired) electrons. The maximum atomic E-state index is 12.8. The zero-order chi connectivity index (χ0) is 16.2. The molecule has 0 fully saturated rings. The smallest absolute Gasteiger partial charge is 0.0802 e. The summed E-state index contributed by atoms with van der Waals surface area (Å²) in [4.78, 5) is 0.347. The SMILES string of the molecule is CC[N+](CC)(CC)CCCS(N)(=O)(O)c1ccc(C)cc1. The highest BCUT2D eigenvalue weighted by molar-refractivity contribution is 8.13. The molecule has 5 heteroatoms. The molecule has 3 N–H and O–H groups in total. The summed E-state index contributed by atoms with van der Waals surface area (Å²) in [5.41, 5.74) is 1.06. The van der Waals surface area contributed by atoms with Gasteiger partial charge in [0.05, 0.1) is 36.8 Å². The van der Waals surface area contributed by atoms with Crippen molar-refractivity contribution >= 4 is 9.53 Å². The first-order valence-corrected chi connectivity index (χ1v) is 9.94. The third-order valence-electron chi connectivity index (χ3n) is 4.71. The molecule has 0 aliphatic heterocycles. The van der Waals surface area contributed by atoms with Crippen molar-refractivity contribution in [1.29, 1.82) is 0 Å². The number of hydrogen-bond acceptors (Lipinski definition) is 1. The molecule has 0 heterocycles. The van der Waals surface area contributed by atoms with Crippen LogP contribution in [0, 0.1) is 6.92 Å². The molecule has 0 spiro atoms. The molecule has 0 bridgehead atoms. The van der Waals surface area contributed by atoms with E-state index in [9.17, 15) is 8.76 Å². The largest absolute Gasteiger partial charge is 0.324 e. The van der Waals surface area contributed by atoms with Crippen LogP contribution in [0.2, 0.25) is 0 Å². The first-order valence-electron chi connectivity index (χ1n) is 7.79. The second-order valence-electron chi connectivity index (χ2n) is 6.01. The molecule has 0 unspecified atom stereocenters. The lowest BCUT2D eigenvalue weighted by Crippen LogP contribution is -2.51. The number of nitrogens with zero attached hydrogens (tertiary/aromatic N) is 1. The van der Waals surface area contributed by atoms with E-state index in [-0.39, 0.29) is 5.75 Å². The van der Waals surface area contributed by atoms with Gasteiger partial charge in [-0.1, -0.05) is 17.7 Å². The van der Waals surface area contributed by atoms with Crippen LogP contribution in [-0.4, -0.2) is 45.2 Å². The van der Waals surface area contributed by atoms with Gasteiger partial charge in [0.15, 0.2) is 0 Å². The van der Waals surface area contributed by atoms with Crippen LogP contribution >= 0.6 is 0 Å². The van der Waals surface area contributed by atoms with Gasteiger partial charge in [0, 0.05) is 6.42 Å². The van der Waals surface area contributed by atoms with Crippen molar-refractivity contribution in [1.82, 2.24) is 0 Å². The summed E-state index contributed by atoms with van der Waals surface area (Å²) in [5.74, 6) is 0.125. The van der Waals surface area contributed by atoms with Gasteiger partial charge in [-0.25, -0.2) is 5.14 Å². The van der Waals surface area contributed by atoms with Crippen LogP contribution in [0.3, 0.4) is 0 Å². The Labute approximate surface area is 129 Å². The molecular weight excluding hydrogens is 284 g/mol. The van der Waals surface area contributed by atoms with Crippen LogP contribution in [0.5, 0.6) is 0 Å². The highest BCUT2D eigenvalue weighted by Crippen LogP contribution is 2.27. The fraction of sp³-hybridized carbons (Fsp3) is 0.625. The molecule has 0 saturated carbocycles. The Balaban J connectivity index is 2.80. The molecule has 0 aromatic heterocycles. The number of benzene rings is 1. The molecule has 4 nitrogen and oxygen atoms in total. The maximum Gasteiger partial charge on any atom is 0.0802 e. The molecule has 0 aliphatic rings. The molecule has 21 heavy (non-hydrogen) atoms. The Bertz CT molecular complexity index is 507. The minimum atomic E-state index is -4.21. The maximum absolute atomic E-state index is 12.8. The molecule has 0 amide bonds. The van der Waals surface area contributed by atoms with Crippen molar-refractivity contribution in [3.05, 3.63) is 29.8 Å². The predicted molar refractivity (Wildman–Crippen MR) is 90.6 cm³/mol. The van der Waals surface area contributed by atoms with E-state index in [2.05, 4.69) is 20.8 Å². The fourth-order valence-corrected chi connectivity index (χ4v) is 4.41. The number of nitrogens with two attached hydrogens (primary N) is 1. The Morgan fingerprint density at radius 1 is 1.10 bits per heavy atom. The van der Waals surface area contributed by atoms with Crippen molar-refractivity contribution in [2.24, 2.45) is 5.14 Å². The second kappa shape index (κ2) is 6.57. The van der Waals surface area contributed by atoms with Crippen LogP contribution in [0.25, 0.3) is 0 Å². The standard InChI is InChI=1S/C16H30N2O2S/c1-5-18(6-2,7-3)13-8-14-21(17,19,20)16-11-9-15(4)10-12-16/h9-12H,5-8,13-14H2,1-4H3,(H2-,17,19,20)/p+1. The predicted octanol–water partition coefficient (Wildman–Crippen LogP) is 2.79. The summed E-state index contributed by atoms with van der Waals surface area (Å²) in [5, 5.41) is 5.89. The molecule has 0 saturated heterocycles. The van der Waals surface area contributed by atoms with E-state index in [4.69, 9.17) is 5.14 Å². The van der Waals surface area contributed by atoms with Gasteiger partial charge in [0.25, 0.3) is 0 Å². The molecule has 1 aromatic carbocycles. The van der Waals surface area contributed by atoms with Gasteiger partial charge < -0.3 is 4.48 Å². The van der Waals surface area contributed by atoms with E-state index in [1.54, 1.807) is 12.1 Å². The number of aryl methyl sites for hydroxylation is 1. The van der Waals surface area contributed by atoms with Gasteiger partial charge in [0.1, 0.15) is 0 Å². The summed E-state index contributed by atoms with van der Waals surface area (Å²) < 4.78 is 24.2. The van der Waals surface area contributed by atoms with Crippen molar-refractivity contribution in [2.45, 2.75) is 39.0 Å². The van der Waals surface area contributed by atoms with Gasteiger partial charge in [-0.2, -0.15) is 4.21 Å². The Kier molecular flexibility index (Phi) is 5.72. The number of hydrogen-bond donors (Lipinski definition) is 2. The number of quaternary nitrogens is 1. The van der Waals surface area contributed by atoms with E-state index < -0.39 is 9.53 Å². The topological polar surface area (TPSA) is 63.3 Å². The molecule has 0 atom stereocenters. The summed E-state index contributed by atoms with van der Waals surface area (Å²) in [7, 11) is -4.21.